The van der Waals surface area contributed by atoms with Gasteiger partial charge in [-0.1, -0.05) is 12.5 Å². The molecule has 2 rings (SSSR count). The van der Waals surface area contributed by atoms with E-state index in [2.05, 4.69) is 22.5 Å². The van der Waals surface area contributed by atoms with E-state index in [9.17, 15) is 9.59 Å². The van der Waals surface area contributed by atoms with E-state index in [0.29, 0.717) is 18.2 Å². The number of benzene rings is 1. The van der Waals surface area contributed by atoms with E-state index in [1.807, 2.05) is 26.0 Å². The van der Waals surface area contributed by atoms with E-state index < -0.39 is 0 Å². The number of carbonyl (C=O) groups excluding carboxylic acids is 2. The first-order chi connectivity index (χ1) is 12.0. The van der Waals surface area contributed by atoms with Crippen molar-refractivity contribution < 1.29 is 9.59 Å². The quantitative estimate of drug-likeness (QED) is 0.746. The SMILES string of the molecule is Cc1ccc(C(=O)NCC(=O)NCCCN2CCCC[C@@H]2C)cc1C. The maximum absolute atomic E-state index is 12.1. The molecule has 0 aliphatic carbocycles. The summed E-state index contributed by atoms with van der Waals surface area (Å²) in [6.45, 7) is 9.13. The first-order valence-corrected chi connectivity index (χ1v) is 9.33. The fourth-order valence-electron chi connectivity index (χ4n) is 3.21. The Morgan fingerprint density at radius 2 is 1.96 bits per heavy atom. The van der Waals surface area contributed by atoms with Gasteiger partial charge in [0.25, 0.3) is 5.91 Å². The monoisotopic (exact) mass is 345 g/mol. The highest BCUT2D eigenvalue weighted by atomic mass is 16.2. The molecule has 1 aromatic carbocycles. The Labute approximate surface area is 151 Å². The molecule has 1 heterocycles. The number of rotatable bonds is 7. The summed E-state index contributed by atoms with van der Waals surface area (Å²) in [5.74, 6) is -0.343. The Balaban J connectivity index is 1.63. The molecule has 2 amide bonds. The van der Waals surface area contributed by atoms with Gasteiger partial charge in [0.05, 0.1) is 6.54 Å². The van der Waals surface area contributed by atoms with Crippen LogP contribution in [0.4, 0.5) is 0 Å². The lowest BCUT2D eigenvalue weighted by molar-refractivity contribution is -0.120. The summed E-state index contributed by atoms with van der Waals surface area (Å²) >= 11 is 0. The Morgan fingerprint density at radius 1 is 1.16 bits per heavy atom. The number of nitrogens with one attached hydrogen (secondary N) is 2. The van der Waals surface area contributed by atoms with Gasteiger partial charge < -0.3 is 15.5 Å². The highest BCUT2D eigenvalue weighted by Gasteiger charge is 2.17. The van der Waals surface area contributed by atoms with E-state index in [4.69, 9.17) is 0 Å². The van der Waals surface area contributed by atoms with Gasteiger partial charge in [0.1, 0.15) is 0 Å². The smallest absolute Gasteiger partial charge is 0.251 e. The third-order valence-corrected chi connectivity index (χ3v) is 5.06. The molecule has 1 saturated heterocycles. The molecule has 0 aromatic heterocycles. The lowest BCUT2D eigenvalue weighted by Gasteiger charge is -2.33. The molecule has 5 nitrogen and oxygen atoms in total. The highest BCUT2D eigenvalue weighted by Crippen LogP contribution is 2.16. The molecule has 2 N–H and O–H groups in total. The van der Waals surface area contributed by atoms with Crippen molar-refractivity contribution in [3.05, 3.63) is 34.9 Å². The maximum atomic E-state index is 12.1. The minimum atomic E-state index is -0.208. The number of hydrogen-bond donors (Lipinski definition) is 2. The lowest BCUT2D eigenvalue weighted by atomic mass is 10.0. The number of piperidine rings is 1. The molecule has 0 unspecified atom stereocenters. The van der Waals surface area contributed by atoms with Crippen LogP contribution >= 0.6 is 0 Å². The number of nitrogens with zero attached hydrogens (tertiary/aromatic N) is 1. The topological polar surface area (TPSA) is 61.4 Å². The molecule has 1 fully saturated rings. The zero-order chi connectivity index (χ0) is 18.2. The van der Waals surface area contributed by atoms with Gasteiger partial charge in [0, 0.05) is 24.7 Å². The first-order valence-electron chi connectivity index (χ1n) is 9.33. The third kappa shape index (κ3) is 6.16. The van der Waals surface area contributed by atoms with Crippen LogP contribution in [0.5, 0.6) is 0 Å². The summed E-state index contributed by atoms with van der Waals surface area (Å²) in [6.07, 6.45) is 4.83. The molecule has 5 heteroatoms. The number of amides is 2. The zero-order valence-corrected chi connectivity index (χ0v) is 15.7. The van der Waals surface area contributed by atoms with Crippen LogP contribution in [0, 0.1) is 13.8 Å². The fourth-order valence-corrected chi connectivity index (χ4v) is 3.21. The van der Waals surface area contributed by atoms with Crippen molar-refractivity contribution >= 4 is 11.8 Å². The van der Waals surface area contributed by atoms with Gasteiger partial charge in [-0.15, -0.1) is 0 Å². The summed E-state index contributed by atoms with van der Waals surface area (Å²) in [5.41, 5.74) is 2.82. The molecule has 1 aromatic rings. The Morgan fingerprint density at radius 3 is 2.68 bits per heavy atom. The van der Waals surface area contributed by atoms with Crippen molar-refractivity contribution in [2.24, 2.45) is 0 Å². The van der Waals surface area contributed by atoms with Gasteiger partial charge in [0.15, 0.2) is 0 Å². The molecule has 0 bridgehead atoms. The predicted octanol–water partition coefficient (Wildman–Crippen LogP) is 2.41. The number of hydrogen-bond acceptors (Lipinski definition) is 3. The molecule has 0 saturated carbocycles. The summed E-state index contributed by atoms with van der Waals surface area (Å²) in [7, 11) is 0. The Kier molecular flexibility index (Phi) is 7.44. The van der Waals surface area contributed by atoms with Gasteiger partial charge >= 0.3 is 0 Å². The molecular formula is C20H31N3O2. The van der Waals surface area contributed by atoms with Crippen LogP contribution in [-0.2, 0) is 4.79 Å². The number of carbonyl (C=O) groups is 2. The van der Waals surface area contributed by atoms with E-state index >= 15 is 0 Å². The summed E-state index contributed by atoms with van der Waals surface area (Å²) in [6, 6.07) is 6.21. The normalized spacial score (nSPS) is 18.0. The standard InChI is InChI=1S/C20H31N3O2/c1-15-8-9-18(13-16(15)2)20(25)22-14-19(24)21-10-6-12-23-11-5-4-7-17(23)3/h8-9,13,17H,4-7,10-12,14H2,1-3H3,(H,21,24)(H,22,25)/t17-/m0/s1. The van der Waals surface area contributed by atoms with Crippen LogP contribution in [-0.4, -0.2) is 48.9 Å². The van der Waals surface area contributed by atoms with Crippen LogP contribution < -0.4 is 10.6 Å². The van der Waals surface area contributed by atoms with Crippen molar-refractivity contribution in [1.82, 2.24) is 15.5 Å². The Bertz CT molecular complexity index is 601. The van der Waals surface area contributed by atoms with Crippen molar-refractivity contribution in [2.45, 2.75) is 52.5 Å². The minimum Gasteiger partial charge on any atom is -0.355 e. The Hall–Kier alpha value is -1.88. The summed E-state index contributed by atoms with van der Waals surface area (Å²) in [4.78, 5) is 26.5. The van der Waals surface area contributed by atoms with Crippen LogP contribution in [0.2, 0.25) is 0 Å². The van der Waals surface area contributed by atoms with E-state index in [-0.39, 0.29) is 18.4 Å². The predicted molar refractivity (Wildman–Crippen MR) is 101 cm³/mol. The molecule has 25 heavy (non-hydrogen) atoms. The highest BCUT2D eigenvalue weighted by molar-refractivity contribution is 5.96. The minimum absolute atomic E-state index is 0.0197. The third-order valence-electron chi connectivity index (χ3n) is 5.06. The average Bonchev–Trinajstić information content (AvgIpc) is 2.60. The number of likely N-dealkylation sites (tertiary alicyclic amines) is 1. The largest absolute Gasteiger partial charge is 0.355 e. The number of aryl methyl sites for hydroxylation is 2. The van der Waals surface area contributed by atoms with Crippen LogP contribution in [0.25, 0.3) is 0 Å². The lowest BCUT2D eigenvalue weighted by Crippen LogP contribution is -2.40. The van der Waals surface area contributed by atoms with E-state index in [0.717, 1.165) is 24.1 Å². The average molecular weight is 345 g/mol. The van der Waals surface area contributed by atoms with Crippen LogP contribution in [0.1, 0.15) is 54.1 Å². The second-order valence-corrected chi connectivity index (χ2v) is 7.07. The summed E-state index contributed by atoms with van der Waals surface area (Å²) in [5, 5.41) is 5.57. The van der Waals surface area contributed by atoms with E-state index in [1.54, 1.807) is 6.07 Å². The van der Waals surface area contributed by atoms with Gasteiger partial charge in [-0.25, -0.2) is 0 Å². The zero-order valence-electron chi connectivity index (χ0n) is 15.7. The molecular weight excluding hydrogens is 314 g/mol. The second-order valence-electron chi connectivity index (χ2n) is 7.07. The second kappa shape index (κ2) is 9.56. The first kappa shape index (κ1) is 19.4. The van der Waals surface area contributed by atoms with Gasteiger partial charge in [0.2, 0.25) is 5.91 Å². The van der Waals surface area contributed by atoms with Crippen molar-refractivity contribution in [3.63, 3.8) is 0 Å². The van der Waals surface area contributed by atoms with Crippen LogP contribution in [0.15, 0.2) is 18.2 Å². The van der Waals surface area contributed by atoms with Gasteiger partial charge in [-0.2, -0.15) is 0 Å². The van der Waals surface area contributed by atoms with Gasteiger partial charge in [-0.05, 0) is 69.8 Å². The fraction of sp³-hybridized carbons (Fsp3) is 0.600. The molecule has 0 radical (unpaired) electrons. The van der Waals surface area contributed by atoms with Gasteiger partial charge in [-0.3, -0.25) is 9.59 Å². The van der Waals surface area contributed by atoms with E-state index in [1.165, 1.54) is 25.8 Å². The maximum Gasteiger partial charge on any atom is 0.251 e. The molecule has 0 spiro atoms. The van der Waals surface area contributed by atoms with Crippen molar-refractivity contribution in [3.8, 4) is 0 Å². The molecule has 1 aliphatic rings. The molecule has 1 aliphatic heterocycles. The van der Waals surface area contributed by atoms with Crippen molar-refractivity contribution in [2.75, 3.05) is 26.2 Å². The molecule has 1 atom stereocenters. The molecule has 138 valence electrons. The summed E-state index contributed by atoms with van der Waals surface area (Å²) < 4.78 is 0. The van der Waals surface area contributed by atoms with Crippen molar-refractivity contribution in [1.29, 1.82) is 0 Å². The van der Waals surface area contributed by atoms with Crippen LogP contribution in [0.3, 0.4) is 0 Å².